The molecule has 0 aliphatic heterocycles. The van der Waals surface area contributed by atoms with Crippen LogP contribution < -0.4 is 20.6 Å². The molecule has 2 aromatic carbocycles. The molecule has 1 saturated carbocycles. The summed E-state index contributed by atoms with van der Waals surface area (Å²) in [6.45, 7) is 0.270. The predicted octanol–water partition coefficient (Wildman–Crippen LogP) is 3.60. The minimum absolute atomic E-state index is 0.0708. The van der Waals surface area contributed by atoms with Gasteiger partial charge in [-0.1, -0.05) is 36.4 Å². The largest absolute Gasteiger partial charge is 0.392 e. The average Bonchev–Trinajstić information content (AvgIpc) is 3.66. The Morgan fingerprint density at radius 3 is 2.46 bits per heavy atom. The summed E-state index contributed by atoms with van der Waals surface area (Å²) in [5.74, 6) is 0.475. The van der Waals surface area contributed by atoms with E-state index in [1.54, 1.807) is 30.6 Å². The van der Waals surface area contributed by atoms with Gasteiger partial charge in [0.15, 0.2) is 0 Å². The zero-order valence-electron chi connectivity index (χ0n) is 20.1. The summed E-state index contributed by atoms with van der Waals surface area (Å²) in [6, 6.07) is 18.2. The van der Waals surface area contributed by atoms with Crippen LogP contribution >= 0.6 is 0 Å². The van der Waals surface area contributed by atoms with Gasteiger partial charge in [-0.15, -0.1) is 0 Å². The Kier molecular flexibility index (Phi) is 7.18. The van der Waals surface area contributed by atoms with Crippen LogP contribution in [0, 0.1) is 0 Å². The van der Waals surface area contributed by atoms with E-state index in [4.69, 9.17) is 9.63 Å². The van der Waals surface area contributed by atoms with Crippen LogP contribution in [0.1, 0.15) is 41.1 Å². The molecule has 0 atom stereocenters. The van der Waals surface area contributed by atoms with Gasteiger partial charge in [0.2, 0.25) is 17.7 Å². The van der Waals surface area contributed by atoms with E-state index in [-0.39, 0.29) is 24.8 Å². The van der Waals surface area contributed by atoms with Crippen molar-refractivity contribution in [1.29, 1.82) is 0 Å². The van der Waals surface area contributed by atoms with Gasteiger partial charge < -0.3 is 15.7 Å². The molecule has 4 aromatic rings. The first-order chi connectivity index (χ1) is 18.0. The highest BCUT2D eigenvalue weighted by Crippen LogP contribution is 2.42. The monoisotopic (exact) mass is 499 g/mol. The van der Waals surface area contributed by atoms with Crippen LogP contribution in [-0.4, -0.2) is 27.3 Å². The number of hydrogen-bond donors (Lipinski definition) is 4. The SMILES string of the molecule is O=C(Cc1ccccc1)Nc1cc(NC(=O)Nc2c[n+](Cc3ccc(CO)cn3)no2)cc(C2CC2)c1. The molecular weight excluding hydrogens is 472 g/mol. The molecule has 0 radical (unpaired) electrons. The number of rotatable bonds is 9. The number of benzene rings is 2. The lowest BCUT2D eigenvalue weighted by atomic mass is 10.1. The molecule has 1 aliphatic carbocycles. The highest BCUT2D eigenvalue weighted by atomic mass is 16.5. The summed E-state index contributed by atoms with van der Waals surface area (Å²) in [6.07, 6.45) is 5.59. The first kappa shape index (κ1) is 24.1. The van der Waals surface area contributed by atoms with Gasteiger partial charge >= 0.3 is 11.9 Å². The molecule has 1 aliphatic rings. The van der Waals surface area contributed by atoms with Gasteiger partial charge in [-0.3, -0.25) is 19.6 Å². The van der Waals surface area contributed by atoms with Crippen LogP contribution in [0.5, 0.6) is 0 Å². The lowest BCUT2D eigenvalue weighted by Gasteiger charge is -2.12. The summed E-state index contributed by atoms with van der Waals surface area (Å²) in [5, 5.41) is 21.4. The van der Waals surface area contributed by atoms with E-state index in [2.05, 4.69) is 26.2 Å². The van der Waals surface area contributed by atoms with Gasteiger partial charge in [0.05, 0.1) is 13.0 Å². The maximum Gasteiger partial charge on any atom is 0.326 e. The number of aliphatic hydroxyl groups excluding tert-OH is 1. The third-order valence-electron chi connectivity index (χ3n) is 5.89. The minimum Gasteiger partial charge on any atom is -0.392 e. The Morgan fingerprint density at radius 1 is 0.973 bits per heavy atom. The second-order valence-electron chi connectivity index (χ2n) is 8.99. The normalized spacial score (nSPS) is 12.7. The second-order valence-corrected chi connectivity index (χ2v) is 8.99. The summed E-state index contributed by atoms with van der Waals surface area (Å²) in [4.78, 5) is 29.5. The zero-order valence-corrected chi connectivity index (χ0v) is 20.1. The molecule has 0 saturated heterocycles. The van der Waals surface area contributed by atoms with Gasteiger partial charge in [0.1, 0.15) is 5.69 Å². The lowest BCUT2D eigenvalue weighted by Crippen LogP contribution is -2.35. The molecule has 4 N–H and O–H groups in total. The van der Waals surface area contributed by atoms with Crippen LogP contribution in [0.15, 0.2) is 77.6 Å². The lowest BCUT2D eigenvalue weighted by molar-refractivity contribution is -0.755. The quantitative estimate of drug-likeness (QED) is 0.260. The predicted molar refractivity (Wildman–Crippen MR) is 136 cm³/mol. The van der Waals surface area contributed by atoms with Gasteiger partial charge in [0.25, 0.3) is 6.20 Å². The van der Waals surface area contributed by atoms with Crippen LogP contribution in [0.4, 0.5) is 22.1 Å². The number of aromatic nitrogens is 3. The molecular formula is C27H27N6O4+. The third kappa shape index (κ3) is 6.77. The maximum atomic E-state index is 12.6. The number of carbonyl (C=O) groups excluding carboxylic acids is 2. The molecule has 0 unspecified atom stereocenters. The van der Waals surface area contributed by atoms with Crippen molar-refractivity contribution in [2.45, 2.75) is 38.3 Å². The number of pyridine rings is 1. The Morgan fingerprint density at radius 2 is 1.76 bits per heavy atom. The van der Waals surface area contributed by atoms with Crippen molar-refractivity contribution in [3.8, 4) is 0 Å². The average molecular weight is 500 g/mol. The first-order valence-electron chi connectivity index (χ1n) is 12.0. The van der Waals surface area contributed by atoms with Crippen LogP contribution in [-0.2, 0) is 24.4 Å². The number of urea groups is 1. The van der Waals surface area contributed by atoms with E-state index in [0.29, 0.717) is 23.8 Å². The van der Waals surface area contributed by atoms with E-state index in [1.165, 1.54) is 4.68 Å². The van der Waals surface area contributed by atoms with Crippen LogP contribution in [0.25, 0.3) is 0 Å². The fraction of sp³-hybridized carbons (Fsp3) is 0.222. The summed E-state index contributed by atoms with van der Waals surface area (Å²) >= 11 is 0. The number of hydrogen-bond acceptors (Lipinski definition) is 6. The second kappa shape index (κ2) is 11.0. The molecule has 0 spiro atoms. The molecule has 10 heteroatoms. The number of carbonyl (C=O) groups is 2. The number of nitrogens with one attached hydrogen (secondary N) is 3. The Hall–Kier alpha value is -4.57. The van der Waals surface area contributed by atoms with Gasteiger partial charge in [-0.25, -0.2) is 4.79 Å². The van der Waals surface area contributed by atoms with Crippen molar-refractivity contribution in [3.63, 3.8) is 0 Å². The topological polar surface area (TPSA) is 133 Å². The molecule has 1 fully saturated rings. The molecule has 3 amide bonds. The molecule has 37 heavy (non-hydrogen) atoms. The van der Waals surface area contributed by atoms with E-state index in [9.17, 15) is 9.59 Å². The van der Waals surface area contributed by atoms with Crippen molar-refractivity contribution >= 4 is 29.2 Å². The molecule has 0 bridgehead atoms. The molecule has 2 heterocycles. The summed E-state index contributed by atoms with van der Waals surface area (Å²) in [5.41, 5.74) is 4.65. The maximum absolute atomic E-state index is 12.6. The third-order valence-corrected chi connectivity index (χ3v) is 5.89. The van der Waals surface area contributed by atoms with Gasteiger partial charge in [-0.2, -0.15) is 0 Å². The molecule has 10 nitrogen and oxygen atoms in total. The smallest absolute Gasteiger partial charge is 0.326 e. The summed E-state index contributed by atoms with van der Waals surface area (Å²) < 4.78 is 6.72. The minimum atomic E-state index is -0.497. The number of aliphatic hydroxyl groups is 1. The zero-order chi connectivity index (χ0) is 25.6. The van der Waals surface area contributed by atoms with Crippen molar-refractivity contribution in [3.05, 3.63) is 95.4 Å². The Labute approximate surface area is 213 Å². The Balaban J connectivity index is 1.21. The van der Waals surface area contributed by atoms with Crippen LogP contribution in [0.3, 0.4) is 0 Å². The van der Waals surface area contributed by atoms with E-state index < -0.39 is 6.03 Å². The van der Waals surface area contributed by atoms with Crippen molar-refractivity contribution in [2.75, 3.05) is 16.0 Å². The van der Waals surface area contributed by atoms with Gasteiger partial charge in [-0.05, 0) is 64.4 Å². The molecule has 188 valence electrons. The molecule has 2 aromatic heterocycles. The highest BCUT2D eigenvalue weighted by Gasteiger charge is 2.25. The fourth-order valence-corrected chi connectivity index (χ4v) is 3.93. The summed E-state index contributed by atoms with van der Waals surface area (Å²) in [7, 11) is 0. The van der Waals surface area contributed by atoms with E-state index in [0.717, 1.165) is 35.2 Å². The van der Waals surface area contributed by atoms with Crippen molar-refractivity contribution < 1.29 is 23.9 Å². The number of nitrogens with zero attached hydrogens (tertiary/aromatic N) is 3. The van der Waals surface area contributed by atoms with Crippen molar-refractivity contribution in [1.82, 2.24) is 10.3 Å². The van der Waals surface area contributed by atoms with Crippen LogP contribution in [0.2, 0.25) is 0 Å². The highest BCUT2D eigenvalue weighted by molar-refractivity contribution is 6.00. The standard InChI is InChI=1S/C27H26N6O4/c34-17-19-6-9-22(28-14-19)15-33-16-26(37-32-33)31-27(36)30-24-12-21(20-7-8-20)11-23(13-24)29-25(35)10-18-4-2-1-3-5-18/h1-6,9,11-14,16,20,34H,7-8,10,15,17H2,(H2-,29,30,31,32,35,36)/p+1. The van der Waals surface area contributed by atoms with Crippen molar-refractivity contribution in [2.24, 2.45) is 0 Å². The van der Waals surface area contributed by atoms with Gasteiger partial charge in [0, 0.05) is 17.6 Å². The Bertz CT molecular complexity index is 1380. The number of amides is 3. The molecule has 5 rings (SSSR count). The fourth-order valence-electron chi connectivity index (χ4n) is 3.93. The van der Waals surface area contributed by atoms with E-state index >= 15 is 0 Å². The van der Waals surface area contributed by atoms with E-state index in [1.807, 2.05) is 42.5 Å². The number of anilines is 3. The first-order valence-corrected chi connectivity index (χ1v) is 12.0.